The van der Waals surface area contributed by atoms with Gasteiger partial charge in [0.05, 0.1) is 0 Å². The minimum atomic E-state index is -2.42. The van der Waals surface area contributed by atoms with Crippen molar-refractivity contribution >= 4 is 7.32 Å². The zero-order chi connectivity index (χ0) is 7.15. The van der Waals surface area contributed by atoms with Gasteiger partial charge < -0.3 is 26.4 Å². The van der Waals surface area contributed by atoms with Crippen molar-refractivity contribution in [1.29, 1.82) is 0 Å². The Bertz CT molecular complexity index is 60.0. The quantitative estimate of drug-likeness (QED) is 0.151. The second kappa shape index (κ2) is 15.9. The van der Waals surface area contributed by atoms with Crippen molar-refractivity contribution in [2.45, 2.75) is 0 Å². The van der Waals surface area contributed by atoms with Crippen LogP contribution in [0.5, 0.6) is 0 Å². The summed E-state index contributed by atoms with van der Waals surface area (Å²) in [4.78, 5) is 8.36. The van der Waals surface area contributed by atoms with Gasteiger partial charge in [0.25, 0.3) is 5.09 Å². The van der Waals surface area contributed by atoms with Crippen LogP contribution in [0.15, 0.2) is 0 Å². The van der Waals surface area contributed by atoms with E-state index in [1.807, 2.05) is 0 Å². The van der Waals surface area contributed by atoms with Crippen LogP contribution in [-0.2, 0) is 0 Å². The number of hydrogen-bond acceptors (Lipinski definition) is 6. The van der Waals surface area contributed by atoms with Crippen molar-refractivity contribution in [2.75, 3.05) is 0 Å². The van der Waals surface area contributed by atoms with E-state index in [4.69, 9.17) is 30.4 Å². The molecule has 56 valence electrons. The van der Waals surface area contributed by atoms with Crippen LogP contribution < -0.4 is 30.0 Å². The first kappa shape index (κ1) is 22.6. The number of hydrogen-bond donors (Lipinski definition) is 4. The molecule has 0 aliphatic heterocycles. The van der Waals surface area contributed by atoms with E-state index in [0.29, 0.717) is 0 Å². The van der Waals surface area contributed by atoms with Crippen molar-refractivity contribution < 1.29 is 44.2 Å². The predicted molar refractivity (Wildman–Crippen MR) is 24.0 cm³/mol. The van der Waals surface area contributed by atoms with Gasteiger partial charge in [-0.1, -0.05) is 0 Å². The second-order valence-electron chi connectivity index (χ2n) is 0.564. The van der Waals surface area contributed by atoms with E-state index in [1.54, 1.807) is 0 Å². The van der Waals surface area contributed by atoms with Gasteiger partial charge in [0, 0.05) is 0 Å². The molecular formula is H6BLiN2O6. The van der Waals surface area contributed by atoms with Gasteiger partial charge in [-0.3, -0.25) is 0 Å². The summed E-state index contributed by atoms with van der Waals surface area (Å²) in [6, 6.07) is 0. The van der Waals surface area contributed by atoms with Crippen LogP contribution in [0.25, 0.3) is 0 Å². The SMILES string of the molecule is N.O=[N+]([O-])O.[Li+].[O-]B(O)O. The second-order valence-corrected chi connectivity index (χ2v) is 0.564. The van der Waals surface area contributed by atoms with Crippen LogP contribution in [0.2, 0.25) is 0 Å². The zero-order valence-electron chi connectivity index (χ0n) is 5.30. The van der Waals surface area contributed by atoms with Gasteiger partial charge in [-0.15, -0.1) is 10.1 Å². The van der Waals surface area contributed by atoms with Crippen molar-refractivity contribution in [3.8, 4) is 0 Å². The van der Waals surface area contributed by atoms with Crippen LogP contribution in [0.4, 0.5) is 0 Å². The molecule has 0 aliphatic carbocycles. The molecule has 0 aromatic rings. The molecule has 0 atom stereocenters. The summed E-state index contributed by atoms with van der Waals surface area (Å²) in [5.74, 6) is 0. The van der Waals surface area contributed by atoms with E-state index in [2.05, 4.69) is 0 Å². The van der Waals surface area contributed by atoms with E-state index in [1.165, 1.54) is 0 Å². The molecule has 0 unspecified atom stereocenters. The average molecular weight is 148 g/mol. The molecule has 0 radical (unpaired) electrons. The Morgan fingerprint density at radius 1 is 1.40 bits per heavy atom. The maximum Gasteiger partial charge on any atom is 1.00 e. The van der Waals surface area contributed by atoms with Crippen molar-refractivity contribution in [2.24, 2.45) is 0 Å². The molecule has 0 saturated carbocycles. The Kier molecular flexibility index (Phi) is 35.9. The summed E-state index contributed by atoms with van der Waals surface area (Å²) in [7, 11) is -2.42. The van der Waals surface area contributed by atoms with Crippen molar-refractivity contribution in [3.05, 3.63) is 10.1 Å². The molecule has 0 bridgehead atoms. The minimum absolute atomic E-state index is 0. The van der Waals surface area contributed by atoms with E-state index in [0.717, 1.165) is 0 Å². The minimum Gasteiger partial charge on any atom is -0.832 e. The van der Waals surface area contributed by atoms with E-state index >= 15 is 0 Å². The number of rotatable bonds is 0. The Labute approximate surface area is 68.5 Å². The Morgan fingerprint density at radius 3 is 1.40 bits per heavy atom. The molecule has 0 heterocycles. The van der Waals surface area contributed by atoms with E-state index in [-0.39, 0.29) is 25.0 Å². The first-order valence-electron chi connectivity index (χ1n) is 1.32. The summed E-state index contributed by atoms with van der Waals surface area (Å²) in [6.07, 6.45) is 0. The van der Waals surface area contributed by atoms with E-state index in [9.17, 15) is 0 Å². The predicted octanol–water partition coefficient (Wildman–Crippen LogP) is -5.87. The first-order chi connectivity index (χ1) is 3.46. The third-order valence-electron chi connectivity index (χ3n) is 0. The van der Waals surface area contributed by atoms with Crippen LogP contribution >= 0.6 is 0 Å². The molecule has 0 aromatic carbocycles. The molecule has 0 amide bonds. The monoisotopic (exact) mass is 148 g/mol. The topological polar surface area (TPSA) is 162 Å². The van der Waals surface area contributed by atoms with Crippen LogP contribution in [0, 0.1) is 10.1 Å². The van der Waals surface area contributed by atoms with Crippen molar-refractivity contribution in [3.63, 3.8) is 0 Å². The van der Waals surface area contributed by atoms with Gasteiger partial charge in [0.15, 0.2) is 0 Å². The summed E-state index contributed by atoms with van der Waals surface area (Å²) >= 11 is 0. The van der Waals surface area contributed by atoms with Gasteiger partial charge in [0.2, 0.25) is 0 Å². The third kappa shape index (κ3) is 3910. The standard InChI is InChI=1S/BH2O3.Li.HNO3.H3N/c2-1(3)4;;2-1(3)4;/h2-3H;;(H,2,3,4);1H3/q-1;+1;;. The van der Waals surface area contributed by atoms with Gasteiger partial charge in [0.1, 0.15) is 0 Å². The third-order valence-corrected chi connectivity index (χ3v) is 0. The van der Waals surface area contributed by atoms with Crippen LogP contribution in [0.1, 0.15) is 0 Å². The molecular weight excluding hydrogens is 142 g/mol. The Hall–Kier alpha value is -0.298. The number of nitrogens with zero attached hydrogens (tertiary/aromatic N) is 1. The zero-order valence-corrected chi connectivity index (χ0v) is 5.30. The maximum atomic E-state index is 8.64. The molecule has 0 aromatic heterocycles. The fourth-order valence-corrected chi connectivity index (χ4v) is 0. The fourth-order valence-electron chi connectivity index (χ4n) is 0. The summed E-state index contributed by atoms with van der Waals surface area (Å²) in [6.45, 7) is 0. The molecule has 0 rings (SSSR count). The van der Waals surface area contributed by atoms with E-state index < -0.39 is 12.4 Å². The average Bonchev–Trinajstić information content (AvgIpc) is 1.25. The van der Waals surface area contributed by atoms with Crippen molar-refractivity contribution in [1.82, 2.24) is 6.15 Å². The van der Waals surface area contributed by atoms with Gasteiger partial charge in [-0.05, 0) is 0 Å². The van der Waals surface area contributed by atoms with Gasteiger partial charge in [-0.25, -0.2) is 0 Å². The van der Waals surface area contributed by atoms with Crippen LogP contribution in [0.3, 0.4) is 0 Å². The molecule has 0 fully saturated rings. The summed E-state index contributed by atoms with van der Waals surface area (Å²) in [5.41, 5.74) is 0. The molecule has 0 saturated heterocycles. The first-order valence-corrected chi connectivity index (χ1v) is 1.32. The summed E-state index contributed by atoms with van der Waals surface area (Å²) < 4.78 is 0. The molecule has 0 aliphatic rings. The maximum absolute atomic E-state index is 8.64. The van der Waals surface area contributed by atoms with Gasteiger partial charge >= 0.3 is 26.2 Å². The normalized spacial score (nSPS) is 5.10. The molecule has 8 nitrogen and oxygen atoms in total. The van der Waals surface area contributed by atoms with Gasteiger partial charge in [-0.2, -0.15) is 0 Å². The Balaban J connectivity index is -0.0000000300. The smallest absolute Gasteiger partial charge is 0.832 e. The summed E-state index contributed by atoms with van der Waals surface area (Å²) in [5, 5.41) is 36.4. The van der Waals surface area contributed by atoms with Crippen LogP contribution in [-0.4, -0.2) is 27.7 Å². The molecule has 6 N–H and O–H groups in total. The molecule has 0 spiro atoms. The fraction of sp³-hybridized carbons (Fsp3) is 0. The molecule has 10 heavy (non-hydrogen) atoms. The molecule has 10 heteroatoms. The largest absolute Gasteiger partial charge is 1.00 e. The Morgan fingerprint density at radius 2 is 1.40 bits per heavy atom.